The van der Waals surface area contributed by atoms with Crippen molar-refractivity contribution in [1.82, 2.24) is 10.6 Å². The molecule has 0 aromatic rings. The topological polar surface area (TPSA) is 50.4 Å². The summed E-state index contributed by atoms with van der Waals surface area (Å²) in [7, 11) is 0. The van der Waals surface area contributed by atoms with Crippen LogP contribution in [0.4, 0.5) is 0 Å². The zero-order valence-corrected chi connectivity index (χ0v) is 10.1. The van der Waals surface area contributed by atoms with Crippen LogP contribution in [0.2, 0.25) is 0 Å². The monoisotopic (exact) mass is 226 g/mol. The zero-order valence-electron chi connectivity index (χ0n) is 10.1. The summed E-state index contributed by atoms with van der Waals surface area (Å²) >= 11 is 0. The summed E-state index contributed by atoms with van der Waals surface area (Å²) in [6.07, 6.45) is 3.98. The molecule has 2 rings (SSSR count). The van der Waals surface area contributed by atoms with Gasteiger partial charge in [-0.15, -0.1) is 0 Å². The van der Waals surface area contributed by atoms with Gasteiger partial charge in [0, 0.05) is 13.2 Å². The number of nitrogens with one attached hydrogen (secondary N) is 2. The number of rotatable bonds is 3. The highest BCUT2D eigenvalue weighted by Crippen LogP contribution is 2.26. The van der Waals surface area contributed by atoms with Crippen molar-refractivity contribution in [3.63, 3.8) is 0 Å². The summed E-state index contributed by atoms with van der Waals surface area (Å²) in [5.41, 5.74) is 0.263. The van der Waals surface area contributed by atoms with Crippen LogP contribution in [0.15, 0.2) is 0 Å². The lowest BCUT2D eigenvalue weighted by Gasteiger charge is -2.34. The number of amides is 1. The summed E-state index contributed by atoms with van der Waals surface area (Å²) in [5.74, 6) is 0.0808. The van der Waals surface area contributed by atoms with Gasteiger partial charge in [0.25, 0.3) is 0 Å². The number of carbonyl (C=O) groups excluding carboxylic acids is 1. The number of piperidine rings is 1. The fourth-order valence-corrected chi connectivity index (χ4v) is 2.41. The number of hydrogen-bond acceptors (Lipinski definition) is 3. The van der Waals surface area contributed by atoms with E-state index in [1.165, 1.54) is 0 Å². The minimum atomic E-state index is -0.190. The molecule has 1 amide bonds. The first kappa shape index (κ1) is 11.9. The van der Waals surface area contributed by atoms with Crippen molar-refractivity contribution >= 4 is 5.91 Å². The number of carbonyl (C=O) groups is 1. The molecule has 2 aliphatic rings. The van der Waals surface area contributed by atoms with Gasteiger partial charge < -0.3 is 15.4 Å². The Hall–Kier alpha value is -0.610. The lowest BCUT2D eigenvalue weighted by atomic mass is 9.81. The highest BCUT2D eigenvalue weighted by molar-refractivity contribution is 5.80. The van der Waals surface area contributed by atoms with Gasteiger partial charge in [-0.1, -0.05) is 6.92 Å². The standard InChI is InChI=1S/C12H22N2O2/c1-12(4-6-13-7-5-12)9-14-11(15)10-3-2-8-16-10/h10,13H,2-9H2,1H3,(H,14,15)/t10-/m1/s1. The van der Waals surface area contributed by atoms with Crippen LogP contribution >= 0.6 is 0 Å². The van der Waals surface area contributed by atoms with Gasteiger partial charge in [-0.2, -0.15) is 0 Å². The van der Waals surface area contributed by atoms with E-state index in [2.05, 4.69) is 17.6 Å². The van der Waals surface area contributed by atoms with E-state index in [0.29, 0.717) is 0 Å². The summed E-state index contributed by atoms with van der Waals surface area (Å²) in [5, 5.41) is 6.39. The highest BCUT2D eigenvalue weighted by atomic mass is 16.5. The molecule has 92 valence electrons. The molecule has 4 heteroatoms. The van der Waals surface area contributed by atoms with E-state index < -0.39 is 0 Å². The Balaban J connectivity index is 1.75. The third-order valence-corrected chi connectivity index (χ3v) is 3.72. The van der Waals surface area contributed by atoms with Crippen molar-refractivity contribution in [2.75, 3.05) is 26.2 Å². The maximum atomic E-state index is 11.8. The molecular weight excluding hydrogens is 204 g/mol. The van der Waals surface area contributed by atoms with Gasteiger partial charge in [0.05, 0.1) is 0 Å². The largest absolute Gasteiger partial charge is 0.368 e. The Labute approximate surface area is 97.1 Å². The first-order valence-electron chi connectivity index (χ1n) is 6.30. The summed E-state index contributed by atoms with van der Waals surface area (Å²) in [4.78, 5) is 11.8. The Kier molecular flexibility index (Phi) is 3.82. The molecule has 2 heterocycles. The van der Waals surface area contributed by atoms with Crippen molar-refractivity contribution in [2.45, 2.75) is 38.7 Å². The van der Waals surface area contributed by atoms with E-state index in [1.54, 1.807) is 0 Å². The molecule has 0 spiro atoms. The molecular formula is C12H22N2O2. The van der Waals surface area contributed by atoms with E-state index in [4.69, 9.17) is 4.74 Å². The fourth-order valence-electron chi connectivity index (χ4n) is 2.41. The molecule has 0 aliphatic carbocycles. The molecule has 0 saturated carbocycles. The zero-order chi connectivity index (χ0) is 11.4. The molecule has 0 bridgehead atoms. The molecule has 0 radical (unpaired) electrons. The molecule has 16 heavy (non-hydrogen) atoms. The molecule has 1 atom stereocenters. The average Bonchev–Trinajstić information content (AvgIpc) is 2.80. The van der Waals surface area contributed by atoms with Crippen LogP contribution in [0.5, 0.6) is 0 Å². The van der Waals surface area contributed by atoms with E-state index >= 15 is 0 Å². The first-order chi connectivity index (χ1) is 7.70. The molecule has 0 aromatic carbocycles. The Morgan fingerprint density at radius 3 is 2.88 bits per heavy atom. The molecule has 4 nitrogen and oxygen atoms in total. The Morgan fingerprint density at radius 1 is 1.50 bits per heavy atom. The summed E-state index contributed by atoms with van der Waals surface area (Å²) in [6.45, 7) is 5.90. The van der Waals surface area contributed by atoms with E-state index in [0.717, 1.165) is 51.9 Å². The summed E-state index contributed by atoms with van der Waals surface area (Å²) < 4.78 is 5.36. The predicted molar refractivity (Wildman–Crippen MR) is 62.2 cm³/mol. The number of hydrogen-bond donors (Lipinski definition) is 2. The minimum absolute atomic E-state index is 0.0808. The second-order valence-electron chi connectivity index (χ2n) is 5.28. The predicted octanol–water partition coefficient (Wildman–Crippen LogP) is 0.671. The Morgan fingerprint density at radius 2 is 2.25 bits per heavy atom. The molecule has 0 aromatic heterocycles. The van der Waals surface area contributed by atoms with Crippen molar-refractivity contribution in [3.8, 4) is 0 Å². The van der Waals surface area contributed by atoms with E-state index in [1.807, 2.05) is 0 Å². The van der Waals surface area contributed by atoms with E-state index in [9.17, 15) is 4.79 Å². The maximum absolute atomic E-state index is 11.8. The van der Waals surface area contributed by atoms with E-state index in [-0.39, 0.29) is 17.4 Å². The van der Waals surface area contributed by atoms with Gasteiger partial charge in [0.15, 0.2) is 0 Å². The van der Waals surface area contributed by atoms with Crippen molar-refractivity contribution < 1.29 is 9.53 Å². The normalized spacial score (nSPS) is 28.9. The molecule has 2 saturated heterocycles. The quantitative estimate of drug-likeness (QED) is 0.743. The van der Waals surface area contributed by atoms with Gasteiger partial charge in [-0.3, -0.25) is 4.79 Å². The van der Waals surface area contributed by atoms with Crippen LogP contribution in [-0.2, 0) is 9.53 Å². The molecule has 2 aliphatic heterocycles. The Bertz CT molecular complexity index is 243. The molecule has 2 fully saturated rings. The minimum Gasteiger partial charge on any atom is -0.368 e. The smallest absolute Gasteiger partial charge is 0.249 e. The number of ether oxygens (including phenoxy) is 1. The molecule has 0 unspecified atom stereocenters. The second kappa shape index (κ2) is 5.15. The SMILES string of the molecule is CC1(CNC(=O)[C@H]2CCCO2)CCNCC1. The van der Waals surface area contributed by atoms with Gasteiger partial charge in [0.1, 0.15) is 6.10 Å². The van der Waals surface area contributed by atoms with Gasteiger partial charge in [-0.25, -0.2) is 0 Å². The summed E-state index contributed by atoms with van der Waals surface area (Å²) in [6, 6.07) is 0. The van der Waals surface area contributed by atoms with Gasteiger partial charge in [0.2, 0.25) is 5.91 Å². The van der Waals surface area contributed by atoms with Crippen LogP contribution in [0.3, 0.4) is 0 Å². The van der Waals surface area contributed by atoms with Crippen molar-refractivity contribution in [2.24, 2.45) is 5.41 Å². The average molecular weight is 226 g/mol. The van der Waals surface area contributed by atoms with Crippen LogP contribution in [-0.4, -0.2) is 38.3 Å². The third kappa shape index (κ3) is 2.95. The third-order valence-electron chi connectivity index (χ3n) is 3.72. The van der Waals surface area contributed by atoms with Crippen LogP contribution in [0.1, 0.15) is 32.6 Å². The lowest BCUT2D eigenvalue weighted by molar-refractivity contribution is -0.130. The first-order valence-corrected chi connectivity index (χ1v) is 6.30. The highest BCUT2D eigenvalue weighted by Gasteiger charge is 2.29. The van der Waals surface area contributed by atoms with Crippen molar-refractivity contribution in [3.05, 3.63) is 0 Å². The molecule has 2 N–H and O–H groups in total. The fraction of sp³-hybridized carbons (Fsp3) is 0.917. The van der Waals surface area contributed by atoms with Crippen LogP contribution in [0.25, 0.3) is 0 Å². The maximum Gasteiger partial charge on any atom is 0.249 e. The van der Waals surface area contributed by atoms with Crippen molar-refractivity contribution in [1.29, 1.82) is 0 Å². The van der Waals surface area contributed by atoms with Gasteiger partial charge in [-0.05, 0) is 44.2 Å². The second-order valence-corrected chi connectivity index (χ2v) is 5.28. The van der Waals surface area contributed by atoms with Gasteiger partial charge >= 0.3 is 0 Å². The van der Waals surface area contributed by atoms with Crippen LogP contribution < -0.4 is 10.6 Å². The van der Waals surface area contributed by atoms with Crippen LogP contribution in [0, 0.1) is 5.41 Å². The lowest BCUT2D eigenvalue weighted by Crippen LogP contribution is -2.45.